The maximum absolute atomic E-state index is 5.34. The molecule has 5 heteroatoms. The maximum atomic E-state index is 5.34. The van der Waals surface area contributed by atoms with Crippen molar-refractivity contribution in [3.05, 3.63) is 30.5 Å². The van der Waals surface area contributed by atoms with Crippen molar-refractivity contribution < 1.29 is 0 Å². The van der Waals surface area contributed by atoms with Crippen molar-refractivity contribution in [3.63, 3.8) is 0 Å². The van der Waals surface area contributed by atoms with E-state index in [4.69, 9.17) is 5.84 Å². The Kier molecular flexibility index (Phi) is 1.80. The highest BCUT2D eigenvalue weighted by Crippen LogP contribution is 2.30. The standard InChI is InChI=1S/C10H8N4S/c11-14-10-13-8-5-12-7-4-2-1-3-6(7)9(8)15-10/h1-5H,11H2,(H,13,14). The van der Waals surface area contributed by atoms with Crippen LogP contribution in [0.15, 0.2) is 30.5 Å². The van der Waals surface area contributed by atoms with E-state index < -0.39 is 0 Å². The summed E-state index contributed by atoms with van der Waals surface area (Å²) in [7, 11) is 0. The van der Waals surface area contributed by atoms with Crippen LogP contribution in [0.1, 0.15) is 0 Å². The lowest BCUT2D eigenvalue weighted by Crippen LogP contribution is -2.05. The highest BCUT2D eigenvalue weighted by atomic mass is 32.1. The molecule has 0 atom stereocenters. The number of hydrogen-bond acceptors (Lipinski definition) is 5. The number of nitrogen functional groups attached to an aromatic ring is 1. The molecule has 0 saturated carbocycles. The topological polar surface area (TPSA) is 63.8 Å². The van der Waals surface area contributed by atoms with Crippen LogP contribution in [0.3, 0.4) is 0 Å². The second-order valence-electron chi connectivity index (χ2n) is 3.15. The van der Waals surface area contributed by atoms with Crippen molar-refractivity contribution in [2.75, 3.05) is 5.43 Å². The van der Waals surface area contributed by atoms with Crippen LogP contribution in [0.5, 0.6) is 0 Å². The van der Waals surface area contributed by atoms with Crippen molar-refractivity contribution in [2.24, 2.45) is 5.84 Å². The van der Waals surface area contributed by atoms with Crippen LogP contribution in [0.25, 0.3) is 21.1 Å². The second kappa shape index (κ2) is 3.15. The number of hydrogen-bond donors (Lipinski definition) is 2. The molecule has 2 aromatic heterocycles. The quantitative estimate of drug-likeness (QED) is 0.483. The molecule has 15 heavy (non-hydrogen) atoms. The molecular formula is C10H8N4S. The van der Waals surface area contributed by atoms with Gasteiger partial charge in [-0.05, 0) is 6.07 Å². The Morgan fingerprint density at radius 2 is 2.07 bits per heavy atom. The first-order valence-electron chi connectivity index (χ1n) is 4.49. The SMILES string of the molecule is NNc1nc2cnc3ccccc3c2s1. The van der Waals surface area contributed by atoms with Gasteiger partial charge in [0.1, 0.15) is 5.52 Å². The largest absolute Gasteiger partial charge is 0.300 e. The number of pyridine rings is 1. The lowest BCUT2D eigenvalue weighted by molar-refractivity contribution is 1.30. The number of aromatic nitrogens is 2. The Labute approximate surface area is 89.7 Å². The van der Waals surface area contributed by atoms with Gasteiger partial charge in [0, 0.05) is 5.39 Å². The molecule has 4 nitrogen and oxygen atoms in total. The Balaban J connectivity index is 2.47. The van der Waals surface area contributed by atoms with Crippen molar-refractivity contribution in [1.82, 2.24) is 9.97 Å². The molecule has 0 radical (unpaired) electrons. The van der Waals surface area contributed by atoms with Crippen molar-refractivity contribution >= 4 is 37.6 Å². The van der Waals surface area contributed by atoms with Gasteiger partial charge in [-0.1, -0.05) is 29.5 Å². The fourth-order valence-corrected chi connectivity index (χ4v) is 2.46. The molecule has 0 unspecified atom stereocenters. The monoisotopic (exact) mass is 216 g/mol. The fraction of sp³-hybridized carbons (Fsp3) is 0. The zero-order chi connectivity index (χ0) is 10.3. The summed E-state index contributed by atoms with van der Waals surface area (Å²) in [4.78, 5) is 8.63. The number of rotatable bonds is 1. The average molecular weight is 216 g/mol. The minimum atomic E-state index is 0.711. The number of nitrogens with one attached hydrogen (secondary N) is 1. The summed E-state index contributed by atoms with van der Waals surface area (Å²) in [5, 5.41) is 1.83. The van der Waals surface area contributed by atoms with Gasteiger partial charge >= 0.3 is 0 Å². The molecule has 3 N–H and O–H groups in total. The number of nitrogens with two attached hydrogens (primary N) is 1. The first-order chi connectivity index (χ1) is 7.38. The van der Waals surface area contributed by atoms with E-state index in [9.17, 15) is 0 Å². The zero-order valence-corrected chi connectivity index (χ0v) is 8.58. The van der Waals surface area contributed by atoms with E-state index in [1.165, 1.54) is 11.3 Å². The third kappa shape index (κ3) is 1.25. The highest BCUT2D eigenvalue weighted by molar-refractivity contribution is 7.23. The third-order valence-corrected chi connectivity index (χ3v) is 3.29. The van der Waals surface area contributed by atoms with E-state index >= 15 is 0 Å². The number of hydrazine groups is 1. The minimum Gasteiger partial charge on any atom is -0.300 e. The second-order valence-corrected chi connectivity index (χ2v) is 4.15. The minimum absolute atomic E-state index is 0.711. The molecule has 0 aliphatic carbocycles. The van der Waals surface area contributed by atoms with Gasteiger partial charge in [0.2, 0.25) is 0 Å². The van der Waals surface area contributed by atoms with Crippen LogP contribution in [0.4, 0.5) is 5.13 Å². The Bertz CT molecular complexity index is 631. The Hall–Kier alpha value is -1.72. The van der Waals surface area contributed by atoms with Crippen molar-refractivity contribution in [1.29, 1.82) is 0 Å². The lowest BCUT2D eigenvalue weighted by atomic mass is 10.2. The fourth-order valence-electron chi connectivity index (χ4n) is 1.58. The first-order valence-corrected chi connectivity index (χ1v) is 5.31. The summed E-state index contributed by atoms with van der Waals surface area (Å²) in [5.74, 6) is 5.34. The van der Waals surface area contributed by atoms with E-state index in [-0.39, 0.29) is 0 Å². The summed E-state index contributed by atoms with van der Waals surface area (Å²) < 4.78 is 1.12. The molecule has 0 saturated heterocycles. The van der Waals surface area contributed by atoms with Gasteiger partial charge in [-0.3, -0.25) is 10.4 Å². The molecule has 0 aliphatic heterocycles. The maximum Gasteiger partial charge on any atom is 0.198 e. The van der Waals surface area contributed by atoms with Gasteiger partial charge in [-0.15, -0.1) is 0 Å². The summed E-state index contributed by atoms with van der Waals surface area (Å²) in [6.07, 6.45) is 1.77. The number of para-hydroxylation sites is 1. The van der Waals surface area contributed by atoms with Crippen LogP contribution in [0, 0.1) is 0 Å². The predicted octanol–water partition coefficient (Wildman–Crippen LogP) is 2.13. The number of nitrogens with zero attached hydrogens (tertiary/aromatic N) is 2. The van der Waals surface area contributed by atoms with Gasteiger partial charge in [-0.2, -0.15) is 0 Å². The smallest absolute Gasteiger partial charge is 0.198 e. The molecule has 0 fully saturated rings. The van der Waals surface area contributed by atoms with Gasteiger partial charge in [-0.25, -0.2) is 10.8 Å². The van der Waals surface area contributed by atoms with Crippen molar-refractivity contribution in [2.45, 2.75) is 0 Å². The van der Waals surface area contributed by atoms with Gasteiger partial charge < -0.3 is 0 Å². The Morgan fingerprint density at radius 3 is 2.93 bits per heavy atom. The van der Waals surface area contributed by atoms with Crippen LogP contribution in [0.2, 0.25) is 0 Å². The Morgan fingerprint density at radius 1 is 1.20 bits per heavy atom. The molecule has 1 aromatic carbocycles. The average Bonchev–Trinajstić information content (AvgIpc) is 2.72. The van der Waals surface area contributed by atoms with E-state index in [0.717, 1.165) is 21.1 Å². The molecule has 0 spiro atoms. The van der Waals surface area contributed by atoms with Crippen molar-refractivity contribution in [3.8, 4) is 0 Å². The first kappa shape index (κ1) is 8.58. The molecule has 0 aliphatic rings. The van der Waals surface area contributed by atoms with Crippen LogP contribution in [-0.4, -0.2) is 9.97 Å². The molecular weight excluding hydrogens is 208 g/mol. The molecule has 74 valence electrons. The third-order valence-electron chi connectivity index (χ3n) is 2.25. The highest BCUT2D eigenvalue weighted by Gasteiger charge is 2.06. The normalized spacial score (nSPS) is 11.0. The van der Waals surface area contributed by atoms with E-state index in [1.54, 1.807) is 6.20 Å². The number of anilines is 1. The summed E-state index contributed by atoms with van der Waals surface area (Å²) in [6, 6.07) is 8.01. The number of thiazole rings is 1. The zero-order valence-electron chi connectivity index (χ0n) is 7.77. The lowest BCUT2D eigenvalue weighted by Gasteiger charge is -1.95. The van der Waals surface area contributed by atoms with Crippen LogP contribution >= 0.6 is 11.3 Å². The summed E-state index contributed by atoms with van der Waals surface area (Å²) in [6.45, 7) is 0. The van der Waals surface area contributed by atoms with E-state index in [1.807, 2.05) is 24.3 Å². The van der Waals surface area contributed by atoms with Gasteiger partial charge in [0.05, 0.1) is 16.4 Å². The molecule has 0 bridgehead atoms. The molecule has 0 amide bonds. The molecule has 3 rings (SSSR count). The number of benzene rings is 1. The van der Waals surface area contributed by atoms with E-state index in [2.05, 4.69) is 15.4 Å². The van der Waals surface area contributed by atoms with E-state index in [0.29, 0.717) is 5.13 Å². The molecule has 3 aromatic rings. The number of fused-ring (bicyclic) bond motifs is 3. The predicted molar refractivity (Wildman–Crippen MR) is 62.7 cm³/mol. The van der Waals surface area contributed by atoms with Gasteiger partial charge in [0.15, 0.2) is 5.13 Å². The summed E-state index contributed by atoms with van der Waals surface area (Å²) >= 11 is 1.54. The molecule has 2 heterocycles. The summed E-state index contributed by atoms with van der Waals surface area (Å²) in [5.41, 5.74) is 4.43. The van der Waals surface area contributed by atoms with Crippen LogP contribution in [-0.2, 0) is 0 Å². The van der Waals surface area contributed by atoms with Crippen LogP contribution < -0.4 is 11.3 Å². The van der Waals surface area contributed by atoms with Gasteiger partial charge in [0.25, 0.3) is 0 Å².